The zero-order valence-electron chi connectivity index (χ0n) is 25.0. The van der Waals surface area contributed by atoms with Crippen LogP contribution in [0.15, 0.2) is 24.3 Å². The number of unbranched alkanes of at least 4 members (excludes halogenated alkanes) is 14. The highest BCUT2D eigenvalue weighted by molar-refractivity contribution is 5.90. The Morgan fingerprint density at radius 2 is 1.29 bits per heavy atom. The normalized spacial score (nSPS) is 12.9. The largest absolute Gasteiger partial charge is 0.396 e. The summed E-state index contributed by atoms with van der Waals surface area (Å²) >= 11 is 0. The number of ether oxygens (including phenoxy) is 1. The van der Waals surface area contributed by atoms with Gasteiger partial charge in [0.2, 0.25) is 0 Å². The van der Waals surface area contributed by atoms with E-state index in [4.69, 9.17) is 14.7 Å². The van der Waals surface area contributed by atoms with Crippen molar-refractivity contribution in [2.45, 2.75) is 155 Å². The predicted molar refractivity (Wildman–Crippen MR) is 158 cm³/mol. The first-order chi connectivity index (χ1) is 18.4. The van der Waals surface area contributed by atoms with E-state index < -0.39 is 17.5 Å². The van der Waals surface area contributed by atoms with Crippen LogP contribution in [0.25, 0.3) is 0 Å². The van der Waals surface area contributed by atoms with Crippen LogP contribution in [0.1, 0.15) is 149 Å². The topological polar surface area (TPSA) is 84.9 Å². The van der Waals surface area contributed by atoms with Gasteiger partial charge in [-0.2, -0.15) is 5.48 Å². The number of nitrogens with one attached hydrogen (secondary N) is 1. The lowest BCUT2D eigenvalue weighted by Gasteiger charge is -2.32. The Morgan fingerprint density at radius 3 is 1.79 bits per heavy atom. The molecule has 2 N–H and O–H groups in total. The van der Waals surface area contributed by atoms with Crippen molar-refractivity contribution in [3.63, 3.8) is 0 Å². The average molecular weight is 538 g/mol. The summed E-state index contributed by atoms with van der Waals surface area (Å²) in [5, 5.41) is 9.14. The molecule has 6 heteroatoms. The summed E-state index contributed by atoms with van der Waals surface area (Å²) in [5.41, 5.74) is 1.45. The number of carbonyl (C=O) groups is 2. The SMILES string of the molecule is C=C(C)C(=O)ONC(=O)C(CCC)(CCCCCCCCCC/C=C\CCCCCCCC)OCCCO. The number of allylic oxidation sites excluding steroid dienone is 2. The van der Waals surface area contributed by atoms with Gasteiger partial charge in [0.25, 0.3) is 5.91 Å². The van der Waals surface area contributed by atoms with Crippen molar-refractivity contribution in [1.82, 2.24) is 5.48 Å². The van der Waals surface area contributed by atoms with Crippen LogP contribution < -0.4 is 5.48 Å². The first-order valence-electron chi connectivity index (χ1n) is 15.5. The molecule has 222 valence electrons. The minimum atomic E-state index is -1.05. The van der Waals surface area contributed by atoms with E-state index in [0.717, 1.165) is 25.7 Å². The number of hydrogen-bond acceptors (Lipinski definition) is 5. The molecular weight excluding hydrogens is 478 g/mol. The van der Waals surface area contributed by atoms with Gasteiger partial charge in [-0.1, -0.05) is 116 Å². The number of aliphatic hydroxyl groups is 1. The van der Waals surface area contributed by atoms with Gasteiger partial charge in [0, 0.05) is 12.2 Å². The molecule has 0 bridgehead atoms. The van der Waals surface area contributed by atoms with E-state index in [2.05, 4.69) is 31.1 Å². The summed E-state index contributed by atoms with van der Waals surface area (Å²) in [6.07, 6.45) is 27.1. The molecule has 0 fully saturated rings. The smallest absolute Gasteiger partial charge is 0.358 e. The summed E-state index contributed by atoms with van der Waals surface area (Å²) in [7, 11) is 0. The van der Waals surface area contributed by atoms with E-state index in [0.29, 0.717) is 19.3 Å². The lowest BCUT2D eigenvalue weighted by Crippen LogP contribution is -2.49. The van der Waals surface area contributed by atoms with Gasteiger partial charge >= 0.3 is 5.97 Å². The molecule has 0 spiro atoms. The Morgan fingerprint density at radius 1 is 0.763 bits per heavy atom. The fourth-order valence-electron chi connectivity index (χ4n) is 4.58. The van der Waals surface area contributed by atoms with Crippen molar-refractivity contribution in [3.05, 3.63) is 24.3 Å². The van der Waals surface area contributed by atoms with Crippen LogP contribution in [0.3, 0.4) is 0 Å². The van der Waals surface area contributed by atoms with Crippen molar-refractivity contribution in [2.24, 2.45) is 0 Å². The maximum absolute atomic E-state index is 13.0. The van der Waals surface area contributed by atoms with E-state index in [9.17, 15) is 9.59 Å². The molecule has 0 aliphatic rings. The van der Waals surface area contributed by atoms with Crippen molar-refractivity contribution in [1.29, 1.82) is 0 Å². The molecule has 0 aromatic carbocycles. The van der Waals surface area contributed by atoms with Crippen LogP contribution in [0.5, 0.6) is 0 Å². The maximum atomic E-state index is 13.0. The van der Waals surface area contributed by atoms with Crippen LogP contribution in [0, 0.1) is 0 Å². The average Bonchev–Trinajstić information content (AvgIpc) is 2.90. The standard InChI is InChI=1S/C32H59NO5/c1-5-7-8-9-10-11-12-13-14-15-16-17-18-19-20-21-22-23-26-32(25-6-2,37-28-24-27-34)31(36)33-38-30(35)29(3)4/h13-14,34H,3,5-12,15-28H2,1-2,4H3,(H,33,36)/b14-13-. The third-order valence-electron chi connectivity index (χ3n) is 6.93. The monoisotopic (exact) mass is 537 g/mol. The lowest BCUT2D eigenvalue weighted by atomic mass is 9.89. The molecule has 0 saturated carbocycles. The summed E-state index contributed by atoms with van der Waals surface area (Å²) < 4.78 is 6.01. The van der Waals surface area contributed by atoms with E-state index in [-0.39, 0.29) is 18.8 Å². The lowest BCUT2D eigenvalue weighted by molar-refractivity contribution is -0.170. The highest BCUT2D eigenvalue weighted by Gasteiger charge is 2.39. The molecule has 1 atom stereocenters. The Kier molecular flexibility index (Phi) is 24.5. The summed E-state index contributed by atoms with van der Waals surface area (Å²) in [5.74, 6) is -1.10. The zero-order chi connectivity index (χ0) is 28.3. The number of aliphatic hydroxyl groups excluding tert-OH is 1. The van der Waals surface area contributed by atoms with Crippen LogP contribution in [0.4, 0.5) is 0 Å². The van der Waals surface area contributed by atoms with Gasteiger partial charge in [-0.05, 0) is 51.9 Å². The number of hydrogen-bond donors (Lipinski definition) is 2. The van der Waals surface area contributed by atoms with E-state index in [1.165, 1.54) is 90.4 Å². The van der Waals surface area contributed by atoms with Gasteiger partial charge in [0.15, 0.2) is 0 Å². The molecule has 0 aromatic heterocycles. The minimum absolute atomic E-state index is 0.00392. The Hall–Kier alpha value is -1.66. The number of amides is 1. The van der Waals surface area contributed by atoms with Crippen LogP contribution >= 0.6 is 0 Å². The molecule has 1 amide bonds. The first-order valence-corrected chi connectivity index (χ1v) is 15.5. The van der Waals surface area contributed by atoms with Crippen molar-refractivity contribution >= 4 is 11.9 Å². The highest BCUT2D eigenvalue weighted by atomic mass is 16.7. The fourth-order valence-corrected chi connectivity index (χ4v) is 4.58. The second-order valence-corrected chi connectivity index (χ2v) is 10.7. The Bertz CT molecular complexity index is 633. The molecule has 0 saturated heterocycles. The van der Waals surface area contributed by atoms with Crippen molar-refractivity contribution in [3.8, 4) is 0 Å². The summed E-state index contributed by atoms with van der Waals surface area (Å²) in [6, 6.07) is 0. The molecule has 0 radical (unpaired) electrons. The van der Waals surface area contributed by atoms with Gasteiger partial charge in [0.05, 0.1) is 6.61 Å². The quantitative estimate of drug-likeness (QED) is 0.0502. The van der Waals surface area contributed by atoms with Crippen molar-refractivity contribution < 1.29 is 24.3 Å². The minimum Gasteiger partial charge on any atom is -0.396 e. The summed E-state index contributed by atoms with van der Waals surface area (Å²) in [6.45, 7) is 9.62. The molecule has 0 rings (SSSR count). The van der Waals surface area contributed by atoms with Gasteiger partial charge < -0.3 is 14.7 Å². The predicted octanol–water partition coefficient (Wildman–Crippen LogP) is 8.28. The van der Waals surface area contributed by atoms with E-state index >= 15 is 0 Å². The second kappa shape index (κ2) is 25.6. The Balaban J connectivity index is 4.14. The molecular formula is C32H59NO5. The molecule has 0 aliphatic heterocycles. The van der Waals surface area contributed by atoms with Gasteiger partial charge in [-0.3, -0.25) is 4.79 Å². The molecule has 6 nitrogen and oxygen atoms in total. The molecule has 0 heterocycles. The number of rotatable bonds is 26. The molecule has 38 heavy (non-hydrogen) atoms. The molecule has 0 aromatic rings. The molecule has 0 aliphatic carbocycles. The third kappa shape index (κ3) is 19.4. The van der Waals surface area contributed by atoms with Crippen LogP contribution in [-0.4, -0.2) is 35.8 Å². The van der Waals surface area contributed by atoms with Gasteiger partial charge in [-0.25, -0.2) is 4.79 Å². The van der Waals surface area contributed by atoms with E-state index in [1.807, 2.05) is 6.92 Å². The zero-order valence-corrected chi connectivity index (χ0v) is 25.0. The van der Waals surface area contributed by atoms with Gasteiger partial charge in [-0.15, -0.1) is 0 Å². The Labute approximate surface area is 234 Å². The van der Waals surface area contributed by atoms with E-state index in [1.54, 1.807) is 0 Å². The summed E-state index contributed by atoms with van der Waals surface area (Å²) in [4.78, 5) is 29.6. The first kappa shape index (κ1) is 36.3. The van der Waals surface area contributed by atoms with Crippen LogP contribution in [0.2, 0.25) is 0 Å². The van der Waals surface area contributed by atoms with Crippen LogP contribution in [-0.2, 0) is 19.2 Å². The van der Waals surface area contributed by atoms with Crippen molar-refractivity contribution in [2.75, 3.05) is 13.2 Å². The molecule has 1 unspecified atom stereocenters. The maximum Gasteiger partial charge on any atom is 0.358 e. The third-order valence-corrected chi connectivity index (χ3v) is 6.93. The number of hydroxylamine groups is 1. The fraction of sp³-hybridized carbons (Fsp3) is 0.812. The number of carbonyl (C=O) groups excluding carboxylic acids is 2. The second-order valence-electron chi connectivity index (χ2n) is 10.7. The highest BCUT2D eigenvalue weighted by Crippen LogP contribution is 2.27. The van der Waals surface area contributed by atoms with Gasteiger partial charge in [0.1, 0.15) is 5.60 Å².